The standard InChI is InChI=1S/C27H22O2/c1-18-12-13-21-17-22-14-15-23(19-8-4-2-5-9-19)26(25(22)24(21)16-18)29-27(28)20-10-6-3-7-11-20/h2-13,16-17,25H,14-15H2,1H3. The molecule has 0 heterocycles. The van der Waals surface area contributed by atoms with E-state index in [9.17, 15) is 4.79 Å². The summed E-state index contributed by atoms with van der Waals surface area (Å²) in [4.78, 5) is 13.0. The highest BCUT2D eigenvalue weighted by atomic mass is 16.5. The molecule has 0 aromatic heterocycles. The fourth-order valence-corrected chi connectivity index (χ4v) is 4.43. The molecule has 0 spiro atoms. The summed E-state index contributed by atoms with van der Waals surface area (Å²) in [6.07, 6.45) is 4.13. The summed E-state index contributed by atoms with van der Waals surface area (Å²) in [6.45, 7) is 2.11. The van der Waals surface area contributed by atoms with Gasteiger partial charge in [0.05, 0.1) is 11.5 Å². The van der Waals surface area contributed by atoms with Crippen LogP contribution in [0.15, 0.2) is 90.2 Å². The van der Waals surface area contributed by atoms with Crippen molar-refractivity contribution in [3.8, 4) is 0 Å². The third-order valence-corrected chi connectivity index (χ3v) is 5.82. The number of hydrogen-bond donors (Lipinski definition) is 0. The van der Waals surface area contributed by atoms with Crippen molar-refractivity contribution in [2.75, 3.05) is 0 Å². The van der Waals surface area contributed by atoms with Gasteiger partial charge in [-0.15, -0.1) is 0 Å². The molecule has 0 N–H and O–H groups in total. The minimum Gasteiger partial charge on any atom is -0.426 e. The fraction of sp³-hybridized carbons (Fsp3) is 0.148. The molecular weight excluding hydrogens is 356 g/mol. The number of esters is 1. The quantitative estimate of drug-likeness (QED) is 0.484. The Kier molecular flexibility index (Phi) is 4.40. The average molecular weight is 378 g/mol. The molecule has 0 saturated carbocycles. The van der Waals surface area contributed by atoms with E-state index in [4.69, 9.17) is 4.74 Å². The zero-order valence-corrected chi connectivity index (χ0v) is 16.4. The van der Waals surface area contributed by atoms with E-state index >= 15 is 0 Å². The van der Waals surface area contributed by atoms with Crippen molar-refractivity contribution < 1.29 is 9.53 Å². The Labute approximate surface area is 171 Å². The third-order valence-electron chi connectivity index (χ3n) is 5.82. The molecule has 2 aliphatic carbocycles. The number of carbonyl (C=O) groups is 1. The van der Waals surface area contributed by atoms with Crippen LogP contribution in [0.5, 0.6) is 0 Å². The number of carbonyl (C=O) groups excluding carboxylic acids is 1. The summed E-state index contributed by atoms with van der Waals surface area (Å²) in [5.74, 6) is 0.504. The van der Waals surface area contributed by atoms with Gasteiger partial charge in [0, 0.05) is 0 Å². The molecule has 29 heavy (non-hydrogen) atoms. The predicted molar refractivity (Wildman–Crippen MR) is 116 cm³/mol. The molecule has 1 atom stereocenters. The molecule has 5 rings (SSSR count). The topological polar surface area (TPSA) is 26.3 Å². The van der Waals surface area contributed by atoms with E-state index in [-0.39, 0.29) is 11.9 Å². The zero-order valence-electron chi connectivity index (χ0n) is 16.4. The molecule has 0 aliphatic heterocycles. The molecule has 2 aliphatic rings. The van der Waals surface area contributed by atoms with Crippen LogP contribution in [0.3, 0.4) is 0 Å². The lowest BCUT2D eigenvalue weighted by Crippen LogP contribution is -2.17. The first kappa shape index (κ1) is 17.7. The first-order valence-electron chi connectivity index (χ1n) is 10.1. The van der Waals surface area contributed by atoms with E-state index in [1.165, 1.54) is 22.3 Å². The molecular formula is C27H22O2. The molecule has 2 heteroatoms. The summed E-state index contributed by atoms with van der Waals surface area (Å²) >= 11 is 0. The normalized spacial score (nSPS) is 17.4. The summed E-state index contributed by atoms with van der Waals surface area (Å²) in [5.41, 5.74) is 7.86. The van der Waals surface area contributed by atoms with E-state index in [1.807, 2.05) is 36.4 Å². The van der Waals surface area contributed by atoms with E-state index in [1.54, 1.807) is 12.1 Å². The van der Waals surface area contributed by atoms with Crippen molar-refractivity contribution in [3.63, 3.8) is 0 Å². The van der Waals surface area contributed by atoms with Gasteiger partial charge in [0.25, 0.3) is 0 Å². The Morgan fingerprint density at radius 1 is 0.897 bits per heavy atom. The lowest BCUT2D eigenvalue weighted by Gasteiger charge is -2.28. The van der Waals surface area contributed by atoms with Crippen LogP contribution in [0.2, 0.25) is 0 Å². The number of hydrogen-bond acceptors (Lipinski definition) is 2. The van der Waals surface area contributed by atoms with Gasteiger partial charge < -0.3 is 4.74 Å². The van der Waals surface area contributed by atoms with E-state index in [0.717, 1.165) is 29.7 Å². The highest BCUT2D eigenvalue weighted by Crippen LogP contribution is 2.50. The Hall–Kier alpha value is -3.39. The Bertz CT molecular complexity index is 1140. The van der Waals surface area contributed by atoms with Crippen LogP contribution in [0.4, 0.5) is 0 Å². The molecule has 142 valence electrons. The number of rotatable bonds is 3. The van der Waals surface area contributed by atoms with E-state index < -0.39 is 0 Å². The SMILES string of the molecule is Cc1ccc2c(c1)C1C(=C2)CCC(c2ccccc2)=C1OC(=O)c1ccccc1. The monoisotopic (exact) mass is 378 g/mol. The second-order valence-corrected chi connectivity index (χ2v) is 7.75. The highest BCUT2D eigenvalue weighted by Gasteiger charge is 2.36. The van der Waals surface area contributed by atoms with Gasteiger partial charge in [-0.25, -0.2) is 4.79 Å². The minimum atomic E-state index is -0.295. The van der Waals surface area contributed by atoms with Crippen molar-refractivity contribution in [1.29, 1.82) is 0 Å². The third kappa shape index (κ3) is 3.21. The molecule has 1 unspecified atom stereocenters. The predicted octanol–water partition coefficient (Wildman–Crippen LogP) is 6.54. The maximum Gasteiger partial charge on any atom is 0.343 e. The van der Waals surface area contributed by atoms with Crippen molar-refractivity contribution in [2.45, 2.75) is 25.7 Å². The van der Waals surface area contributed by atoms with Gasteiger partial charge in [-0.1, -0.05) is 83.9 Å². The molecule has 0 fully saturated rings. The minimum absolute atomic E-state index is 0.0153. The summed E-state index contributed by atoms with van der Waals surface area (Å²) < 4.78 is 6.15. The first-order valence-corrected chi connectivity index (χ1v) is 10.1. The Balaban J connectivity index is 1.64. The van der Waals surface area contributed by atoms with Gasteiger partial charge in [0.2, 0.25) is 0 Å². The Morgan fingerprint density at radius 2 is 1.62 bits per heavy atom. The summed E-state index contributed by atoms with van der Waals surface area (Å²) in [7, 11) is 0. The van der Waals surface area contributed by atoms with Crippen LogP contribution in [0, 0.1) is 6.92 Å². The number of allylic oxidation sites excluding steroid dienone is 2. The summed E-state index contributed by atoms with van der Waals surface area (Å²) in [5, 5.41) is 0. The molecule has 0 bridgehead atoms. The maximum absolute atomic E-state index is 13.0. The lowest BCUT2D eigenvalue weighted by molar-refractivity contribution is 0.0609. The van der Waals surface area contributed by atoms with Gasteiger partial charge in [-0.05, 0) is 54.2 Å². The highest BCUT2D eigenvalue weighted by molar-refractivity contribution is 5.91. The van der Waals surface area contributed by atoms with Crippen LogP contribution in [0.25, 0.3) is 11.6 Å². The van der Waals surface area contributed by atoms with Crippen LogP contribution in [-0.2, 0) is 4.74 Å². The van der Waals surface area contributed by atoms with Gasteiger partial charge in [0.1, 0.15) is 5.76 Å². The van der Waals surface area contributed by atoms with Gasteiger partial charge >= 0.3 is 5.97 Å². The smallest absolute Gasteiger partial charge is 0.343 e. The number of benzene rings is 3. The number of aryl methyl sites for hydroxylation is 1. The summed E-state index contributed by atoms with van der Waals surface area (Å²) in [6, 6.07) is 26.1. The molecule has 0 radical (unpaired) electrons. The average Bonchev–Trinajstić information content (AvgIpc) is 3.13. The van der Waals surface area contributed by atoms with Crippen molar-refractivity contribution in [1.82, 2.24) is 0 Å². The maximum atomic E-state index is 13.0. The van der Waals surface area contributed by atoms with E-state index in [2.05, 4.69) is 43.3 Å². The molecule has 0 saturated heterocycles. The fourth-order valence-electron chi connectivity index (χ4n) is 4.43. The van der Waals surface area contributed by atoms with Crippen LogP contribution >= 0.6 is 0 Å². The number of fused-ring (bicyclic) bond motifs is 3. The molecule has 2 nitrogen and oxygen atoms in total. The van der Waals surface area contributed by atoms with Crippen molar-refractivity contribution in [2.24, 2.45) is 0 Å². The van der Waals surface area contributed by atoms with Crippen molar-refractivity contribution in [3.05, 3.63) is 118 Å². The van der Waals surface area contributed by atoms with Gasteiger partial charge in [-0.3, -0.25) is 0 Å². The second kappa shape index (κ2) is 7.21. The molecule has 3 aromatic carbocycles. The van der Waals surface area contributed by atoms with E-state index in [0.29, 0.717) is 5.56 Å². The van der Waals surface area contributed by atoms with Gasteiger partial charge in [0.15, 0.2) is 0 Å². The number of ether oxygens (including phenoxy) is 1. The van der Waals surface area contributed by atoms with Gasteiger partial charge in [-0.2, -0.15) is 0 Å². The first-order chi connectivity index (χ1) is 14.2. The van der Waals surface area contributed by atoms with Crippen molar-refractivity contribution >= 4 is 17.6 Å². The largest absolute Gasteiger partial charge is 0.426 e. The molecule has 0 amide bonds. The zero-order chi connectivity index (χ0) is 19.8. The van der Waals surface area contributed by atoms with Crippen LogP contribution in [-0.4, -0.2) is 5.97 Å². The van der Waals surface area contributed by atoms with Crippen LogP contribution in [0.1, 0.15) is 51.4 Å². The van der Waals surface area contributed by atoms with Crippen LogP contribution < -0.4 is 0 Å². The lowest BCUT2D eigenvalue weighted by atomic mass is 9.80. The second-order valence-electron chi connectivity index (χ2n) is 7.75. The Morgan fingerprint density at radius 3 is 2.38 bits per heavy atom. The molecule has 3 aromatic rings.